The number of carbonyl (C=O) groups excluding carboxylic acids is 2. The van der Waals surface area contributed by atoms with Gasteiger partial charge in [0, 0.05) is 53.5 Å². The Balaban J connectivity index is 1.36. The maximum Gasteiger partial charge on any atom is 0.347 e. The number of phenols is 1. The lowest BCUT2D eigenvalue weighted by Gasteiger charge is -2.58. The number of Topliss-reactive ketones (excluding diaryl/α,β-unsaturated/α-hetero) is 2. The van der Waals surface area contributed by atoms with Crippen LogP contribution in [0.3, 0.4) is 0 Å². The van der Waals surface area contributed by atoms with Crippen LogP contribution in [-0.4, -0.2) is 61.5 Å². The zero-order valence-electron chi connectivity index (χ0n) is 30.7. The number of hydrogen-bond acceptors (Lipinski definition) is 10. The molecule has 2 aliphatic carbocycles. The number of aromatic nitrogens is 5. The van der Waals surface area contributed by atoms with E-state index in [1.54, 1.807) is 59.0 Å². The Kier molecular flexibility index (Phi) is 8.51. The van der Waals surface area contributed by atoms with Crippen molar-refractivity contribution in [1.29, 1.82) is 0 Å². The molecule has 4 atom stereocenters. The second-order valence-corrected chi connectivity index (χ2v) is 15.3. The fourth-order valence-corrected chi connectivity index (χ4v) is 9.30. The molecule has 278 valence electrons. The van der Waals surface area contributed by atoms with E-state index in [1.807, 2.05) is 6.08 Å². The quantitative estimate of drug-likeness (QED) is 0.271. The number of methoxy groups -OCH3 is 3. The van der Waals surface area contributed by atoms with Crippen LogP contribution in [0.5, 0.6) is 23.0 Å². The molecule has 14 nitrogen and oxygen atoms in total. The first-order valence-electron chi connectivity index (χ1n) is 17.1. The molecule has 3 heterocycles. The molecule has 2 aromatic heterocycles. The molecule has 0 bridgehead atoms. The number of fused-ring (bicyclic) bond motifs is 5. The molecular formula is C38H40BrN5O9. The number of rotatable bonds is 7. The zero-order valence-corrected chi connectivity index (χ0v) is 32.3. The van der Waals surface area contributed by atoms with Gasteiger partial charge in [-0.25, -0.2) is 28.5 Å². The molecular weight excluding hydrogens is 750 g/mol. The Morgan fingerprint density at radius 1 is 0.906 bits per heavy atom. The molecule has 0 radical (unpaired) electrons. The van der Waals surface area contributed by atoms with Crippen molar-refractivity contribution in [1.82, 2.24) is 23.5 Å². The zero-order chi connectivity index (χ0) is 38.5. The molecule has 15 heteroatoms. The predicted octanol–water partition coefficient (Wildman–Crippen LogP) is 3.96. The van der Waals surface area contributed by atoms with Gasteiger partial charge in [0.15, 0.2) is 34.6 Å². The highest BCUT2D eigenvalue weighted by Gasteiger charge is 2.67. The number of aryl methyl sites for hydroxylation is 2. The first-order chi connectivity index (χ1) is 25.0. The van der Waals surface area contributed by atoms with Gasteiger partial charge in [0.25, 0.3) is 5.56 Å². The molecule has 4 aromatic rings. The van der Waals surface area contributed by atoms with Gasteiger partial charge >= 0.3 is 11.4 Å². The first kappa shape index (κ1) is 36.2. The van der Waals surface area contributed by atoms with Gasteiger partial charge in [0.05, 0.1) is 50.4 Å². The molecule has 7 rings (SSSR count). The number of benzene rings is 2. The number of carbonyl (C=O) groups is 2. The van der Waals surface area contributed by atoms with Crippen molar-refractivity contribution in [3.05, 3.63) is 94.1 Å². The molecule has 1 N–H and O–H groups in total. The van der Waals surface area contributed by atoms with Gasteiger partial charge in [-0.15, -0.1) is 0 Å². The van der Waals surface area contributed by atoms with Crippen LogP contribution in [0.2, 0.25) is 0 Å². The molecule has 0 saturated heterocycles. The summed E-state index contributed by atoms with van der Waals surface area (Å²) < 4.78 is 22.1. The number of aromatic hydroxyl groups is 1. The lowest BCUT2D eigenvalue weighted by atomic mass is 9.43. The van der Waals surface area contributed by atoms with Crippen LogP contribution < -0.4 is 31.1 Å². The van der Waals surface area contributed by atoms with Gasteiger partial charge in [-0.3, -0.25) is 14.4 Å². The molecule has 3 aliphatic rings. The highest BCUT2D eigenvalue weighted by atomic mass is 79.9. The van der Waals surface area contributed by atoms with E-state index in [0.717, 1.165) is 4.57 Å². The minimum absolute atomic E-state index is 0.00426. The summed E-state index contributed by atoms with van der Waals surface area (Å²) in [5, 5.41) is 11.6. The summed E-state index contributed by atoms with van der Waals surface area (Å²) in [6, 6.07) is 5.80. The Labute approximate surface area is 312 Å². The smallest absolute Gasteiger partial charge is 0.347 e. The molecule has 1 aliphatic heterocycles. The second-order valence-electron chi connectivity index (χ2n) is 14.4. The molecule has 1 fully saturated rings. The SMILES string of the molecule is COc1cc2nc(CCn3c(=O)n4n(c3=O)[C@@H]3C[C@@]5(C)C(=O)C(C)=C(C)C(=O)[C@@]5(C)[C@@H](c5cc(Br)cc(OC)c5O)C3=CC4)c(=O)n(C)c2cc1OC. The average Bonchev–Trinajstić information content (AvgIpc) is 3.39. The number of phenolic OH excluding ortho intramolecular Hbond substituents is 1. The Morgan fingerprint density at radius 3 is 2.21 bits per heavy atom. The van der Waals surface area contributed by atoms with Crippen molar-refractivity contribution in [2.24, 2.45) is 17.9 Å². The summed E-state index contributed by atoms with van der Waals surface area (Å²) in [6.07, 6.45) is 1.84. The highest BCUT2D eigenvalue weighted by Crippen LogP contribution is 2.67. The minimum Gasteiger partial charge on any atom is -0.504 e. The Morgan fingerprint density at radius 2 is 1.55 bits per heavy atom. The summed E-state index contributed by atoms with van der Waals surface area (Å²) in [6.45, 7) is 6.63. The number of ketones is 2. The normalized spacial score (nSPS) is 23.8. The Bertz CT molecular complexity index is 2540. The maximum absolute atomic E-state index is 14.5. The van der Waals surface area contributed by atoms with Crippen LogP contribution in [0, 0.1) is 10.8 Å². The fraction of sp³-hybridized carbons (Fsp3) is 0.421. The van der Waals surface area contributed by atoms with E-state index in [9.17, 15) is 29.1 Å². The van der Waals surface area contributed by atoms with E-state index < -0.39 is 39.7 Å². The number of allylic oxidation sites excluding steroid dienone is 4. The van der Waals surface area contributed by atoms with E-state index in [1.165, 1.54) is 35.3 Å². The van der Waals surface area contributed by atoms with E-state index >= 15 is 0 Å². The minimum atomic E-state index is -1.37. The number of halogens is 1. The van der Waals surface area contributed by atoms with Gasteiger partial charge in [-0.2, -0.15) is 0 Å². The summed E-state index contributed by atoms with van der Waals surface area (Å²) in [5.41, 5.74) is -1.52. The topological polar surface area (TPSA) is 166 Å². The number of nitrogens with zero attached hydrogens (tertiary/aromatic N) is 5. The standard InChI is InChI=1S/C38H40BrN5O9/c1-18-19(2)33(47)38(4)30(22-13-20(39)14-29(53-8)31(22)45)21-9-12-43-35(49)42(36(50)44(43)26(21)17-37(38,3)32(18)46)11-10-23-34(48)41(5)25-16-28(52-7)27(51-6)15-24(25)40-23/h9,13-16,26,30,45H,10-12,17H2,1-8H3/t26-,30-,37+,38-/m1/s1. The largest absolute Gasteiger partial charge is 0.504 e. The van der Waals surface area contributed by atoms with E-state index in [-0.39, 0.29) is 54.7 Å². The molecule has 0 amide bonds. The van der Waals surface area contributed by atoms with E-state index in [0.29, 0.717) is 49.3 Å². The van der Waals surface area contributed by atoms with Crippen molar-refractivity contribution in [3.63, 3.8) is 0 Å². The van der Waals surface area contributed by atoms with Crippen LogP contribution >= 0.6 is 15.9 Å². The van der Waals surface area contributed by atoms with Gasteiger partial charge in [-0.1, -0.05) is 35.9 Å². The molecule has 53 heavy (non-hydrogen) atoms. The lowest BCUT2D eigenvalue weighted by molar-refractivity contribution is -0.151. The van der Waals surface area contributed by atoms with Crippen LogP contribution in [0.4, 0.5) is 0 Å². The van der Waals surface area contributed by atoms with Crippen LogP contribution in [-0.2, 0) is 36.1 Å². The van der Waals surface area contributed by atoms with E-state index in [2.05, 4.69) is 20.9 Å². The summed E-state index contributed by atoms with van der Waals surface area (Å²) >= 11 is 3.52. The van der Waals surface area contributed by atoms with Crippen LogP contribution in [0.15, 0.2) is 65.9 Å². The second kappa shape index (κ2) is 12.5. The summed E-state index contributed by atoms with van der Waals surface area (Å²) in [4.78, 5) is 75.3. The first-order valence-corrected chi connectivity index (χ1v) is 17.9. The van der Waals surface area contributed by atoms with Gasteiger partial charge in [0.2, 0.25) is 0 Å². The van der Waals surface area contributed by atoms with Gasteiger partial charge in [0.1, 0.15) is 5.69 Å². The third kappa shape index (κ3) is 4.88. The van der Waals surface area contributed by atoms with Crippen LogP contribution in [0.1, 0.15) is 57.3 Å². The summed E-state index contributed by atoms with van der Waals surface area (Å²) in [7, 11) is 6.02. The van der Waals surface area contributed by atoms with Crippen molar-refractivity contribution in [2.75, 3.05) is 21.3 Å². The van der Waals surface area contributed by atoms with Crippen molar-refractivity contribution >= 4 is 38.5 Å². The molecule has 0 unspecified atom stereocenters. The van der Waals surface area contributed by atoms with Crippen molar-refractivity contribution in [3.8, 4) is 23.0 Å². The maximum atomic E-state index is 14.5. The van der Waals surface area contributed by atoms with Crippen LogP contribution in [0.25, 0.3) is 11.0 Å². The van der Waals surface area contributed by atoms with Crippen molar-refractivity contribution in [2.45, 2.75) is 65.6 Å². The van der Waals surface area contributed by atoms with E-state index in [4.69, 9.17) is 14.2 Å². The lowest BCUT2D eigenvalue weighted by Crippen LogP contribution is -2.61. The summed E-state index contributed by atoms with van der Waals surface area (Å²) in [5.74, 6) is -0.498. The monoisotopic (exact) mass is 789 g/mol. The number of ether oxygens (including phenoxy) is 3. The third-order valence-corrected chi connectivity index (χ3v) is 12.5. The third-order valence-electron chi connectivity index (χ3n) is 12.0. The average molecular weight is 791 g/mol. The molecule has 0 spiro atoms. The van der Waals surface area contributed by atoms with Crippen molar-refractivity contribution < 1.29 is 28.9 Å². The highest BCUT2D eigenvalue weighted by molar-refractivity contribution is 9.10. The molecule has 1 saturated carbocycles. The predicted molar refractivity (Wildman–Crippen MR) is 198 cm³/mol. The van der Waals surface area contributed by atoms with Gasteiger partial charge in [-0.05, 0) is 49.1 Å². The van der Waals surface area contributed by atoms with Gasteiger partial charge < -0.3 is 23.9 Å². The number of hydrogen-bond donors (Lipinski definition) is 1. The Hall–Kier alpha value is -5.18. The fourth-order valence-electron chi connectivity index (χ4n) is 8.84. The molecule has 2 aromatic carbocycles.